The first-order chi connectivity index (χ1) is 7.25. The Bertz CT molecular complexity index is 446. The van der Waals surface area contributed by atoms with Gasteiger partial charge in [-0.15, -0.1) is 11.6 Å². The smallest absolute Gasteiger partial charge is 0.0311 e. The van der Waals surface area contributed by atoms with Crippen LogP contribution in [0.3, 0.4) is 0 Å². The van der Waals surface area contributed by atoms with Gasteiger partial charge in [0.1, 0.15) is 0 Å². The highest BCUT2D eigenvalue weighted by Gasteiger charge is 1.99. The molecule has 0 saturated heterocycles. The lowest BCUT2D eigenvalue weighted by atomic mass is 10.0. The van der Waals surface area contributed by atoms with Crippen LogP contribution in [0.15, 0.2) is 42.5 Å². The molecule has 0 bridgehead atoms. The minimum Gasteiger partial charge on any atom is -0.123 e. The molecule has 1 atom stereocenters. The highest BCUT2D eigenvalue weighted by Crippen LogP contribution is 2.17. The van der Waals surface area contributed by atoms with Crippen LogP contribution in [0.1, 0.15) is 18.9 Å². The molecule has 78 valence electrons. The van der Waals surface area contributed by atoms with Gasteiger partial charge in [0.25, 0.3) is 0 Å². The first-order valence-electron chi connectivity index (χ1n) is 5.37. The monoisotopic (exact) mass is 218 g/mol. The van der Waals surface area contributed by atoms with Crippen molar-refractivity contribution in [1.29, 1.82) is 0 Å². The minimum atomic E-state index is 0.261. The van der Waals surface area contributed by atoms with Gasteiger partial charge in [0.2, 0.25) is 0 Å². The molecule has 0 saturated carbocycles. The Morgan fingerprint density at radius 2 is 1.80 bits per heavy atom. The summed E-state index contributed by atoms with van der Waals surface area (Å²) in [6.07, 6.45) is 2.11. The van der Waals surface area contributed by atoms with Gasteiger partial charge < -0.3 is 0 Å². The summed E-state index contributed by atoms with van der Waals surface area (Å²) in [5.74, 6) is 0. The lowest BCUT2D eigenvalue weighted by Crippen LogP contribution is -1.94. The average molecular weight is 219 g/mol. The molecule has 15 heavy (non-hydrogen) atoms. The van der Waals surface area contributed by atoms with Gasteiger partial charge in [0.05, 0.1) is 0 Å². The van der Waals surface area contributed by atoms with E-state index in [0.717, 1.165) is 12.8 Å². The van der Waals surface area contributed by atoms with Crippen LogP contribution in [0.4, 0.5) is 0 Å². The molecule has 0 N–H and O–H groups in total. The third-order valence-electron chi connectivity index (χ3n) is 2.64. The van der Waals surface area contributed by atoms with Crippen molar-refractivity contribution in [2.45, 2.75) is 25.1 Å². The summed E-state index contributed by atoms with van der Waals surface area (Å²) in [5, 5.41) is 2.88. The van der Waals surface area contributed by atoms with Gasteiger partial charge in [0.15, 0.2) is 0 Å². The number of halogens is 1. The number of hydrogen-bond donors (Lipinski definition) is 0. The Morgan fingerprint density at radius 1 is 1.07 bits per heavy atom. The number of rotatable bonds is 3. The quantitative estimate of drug-likeness (QED) is 0.670. The normalized spacial score (nSPS) is 12.9. The summed E-state index contributed by atoms with van der Waals surface area (Å²) < 4.78 is 0. The molecule has 0 spiro atoms. The van der Waals surface area contributed by atoms with Gasteiger partial charge >= 0.3 is 0 Å². The fraction of sp³-hybridized carbons (Fsp3) is 0.286. The van der Waals surface area contributed by atoms with E-state index in [1.807, 2.05) is 6.92 Å². The van der Waals surface area contributed by atoms with E-state index >= 15 is 0 Å². The molecular weight excluding hydrogens is 204 g/mol. The zero-order chi connectivity index (χ0) is 10.7. The summed E-state index contributed by atoms with van der Waals surface area (Å²) in [4.78, 5) is 0. The van der Waals surface area contributed by atoms with Gasteiger partial charge in [-0.25, -0.2) is 0 Å². The van der Waals surface area contributed by atoms with E-state index in [0.29, 0.717) is 0 Å². The fourth-order valence-corrected chi connectivity index (χ4v) is 1.87. The molecule has 0 fully saturated rings. The van der Waals surface area contributed by atoms with Gasteiger partial charge in [-0.3, -0.25) is 0 Å². The second-order valence-electron chi connectivity index (χ2n) is 4.00. The summed E-state index contributed by atoms with van der Waals surface area (Å²) in [5.41, 5.74) is 1.38. The third-order valence-corrected chi connectivity index (χ3v) is 2.86. The van der Waals surface area contributed by atoms with E-state index < -0.39 is 0 Å². The molecule has 1 unspecified atom stereocenters. The van der Waals surface area contributed by atoms with E-state index in [1.54, 1.807) is 0 Å². The Balaban J connectivity index is 2.23. The zero-order valence-corrected chi connectivity index (χ0v) is 9.67. The highest BCUT2D eigenvalue weighted by atomic mass is 35.5. The number of alkyl halides is 1. The second-order valence-corrected chi connectivity index (χ2v) is 4.75. The van der Waals surface area contributed by atoms with Crippen molar-refractivity contribution in [2.75, 3.05) is 0 Å². The number of aryl methyl sites for hydroxylation is 1. The van der Waals surface area contributed by atoms with Gasteiger partial charge in [0, 0.05) is 5.38 Å². The molecule has 1 heteroatoms. The third kappa shape index (κ3) is 2.73. The van der Waals surface area contributed by atoms with Crippen LogP contribution < -0.4 is 0 Å². The van der Waals surface area contributed by atoms with Crippen molar-refractivity contribution < 1.29 is 0 Å². The number of benzene rings is 2. The largest absolute Gasteiger partial charge is 0.123 e. The number of hydrogen-bond acceptors (Lipinski definition) is 0. The maximum absolute atomic E-state index is 5.95. The average Bonchev–Trinajstić information content (AvgIpc) is 2.26. The lowest BCUT2D eigenvalue weighted by molar-refractivity contribution is 0.804. The zero-order valence-electron chi connectivity index (χ0n) is 8.91. The molecular formula is C14H15Cl. The molecule has 0 heterocycles. The van der Waals surface area contributed by atoms with Crippen molar-refractivity contribution >= 4 is 22.4 Å². The van der Waals surface area contributed by atoms with Crippen LogP contribution in [-0.4, -0.2) is 5.38 Å². The van der Waals surface area contributed by atoms with Crippen LogP contribution in [-0.2, 0) is 6.42 Å². The molecule has 2 rings (SSSR count). The van der Waals surface area contributed by atoms with Crippen molar-refractivity contribution in [1.82, 2.24) is 0 Å². The predicted octanol–water partition coefficient (Wildman–Crippen LogP) is 4.40. The molecule has 0 radical (unpaired) electrons. The molecule has 2 aromatic rings. The van der Waals surface area contributed by atoms with E-state index in [2.05, 4.69) is 42.5 Å². The highest BCUT2D eigenvalue weighted by molar-refractivity contribution is 6.20. The molecule has 2 aromatic carbocycles. The Hall–Kier alpha value is -1.01. The molecule has 0 amide bonds. The molecule has 0 aliphatic rings. The summed E-state index contributed by atoms with van der Waals surface area (Å²) in [7, 11) is 0. The Kier molecular flexibility index (Phi) is 3.27. The number of fused-ring (bicyclic) bond motifs is 1. The minimum absolute atomic E-state index is 0.261. The van der Waals surface area contributed by atoms with Crippen LogP contribution >= 0.6 is 11.6 Å². The standard InChI is InChI=1S/C14H15Cl/c1-11(15)6-7-12-8-9-13-4-2-3-5-14(13)10-12/h2-5,8-11H,6-7H2,1H3. The van der Waals surface area contributed by atoms with Crippen LogP contribution in [0.5, 0.6) is 0 Å². The topological polar surface area (TPSA) is 0 Å². The van der Waals surface area contributed by atoms with Crippen LogP contribution in [0, 0.1) is 0 Å². The van der Waals surface area contributed by atoms with Crippen LogP contribution in [0.2, 0.25) is 0 Å². The Labute approximate surface area is 95.9 Å². The Morgan fingerprint density at radius 3 is 2.53 bits per heavy atom. The van der Waals surface area contributed by atoms with Gasteiger partial charge in [-0.05, 0) is 36.1 Å². The van der Waals surface area contributed by atoms with Crippen molar-refractivity contribution in [2.24, 2.45) is 0 Å². The van der Waals surface area contributed by atoms with E-state index in [9.17, 15) is 0 Å². The SMILES string of the molecule is CC(Cl)CCc1ccc2ccccc2c1. The van der Waals surface area contributed by atoms with Gasteiger partial charge in [-0.1, -0.05) is 42.5 Å². The van der Waals surface area contributed by atoms with E-state index in [-0.39, 0.29) is 5.38 Å². The molecule has 0 aliphatic carbocycles. The predicted molar refractivity (Wildman–Crippen MR) is 67.6 cm³/mol. The summed E-state index contributed by atoms with van der Waals surface area (Å²) >= 11 is 5.95. The van der Waals surface area contributed by atoms with Crippen molar-refractivity contribution in [3.8, 4) is 0 Å². The molecule has 0 aromatic heterocycles. The molecule has 0 aliphatic heterocycles. The maximum atomic E-state index is 5.95. The van der Waals surface area contributed by atoms with E-state index in [1.165, 1.54) is 16.3 Å². The van der Waals surface area contributed by atoms with Gasteiger partial charge in [-0.2, -0.15) is 0 Å². The lowest BCUT2D eigenvalue weighted by Gasteiger charge is -2.04. The first-order valence-corrected chi connectivity index (χ1v) is 5.81. The maximum Gasteiger partial charge on any atom is 0.0311 e. The first kappa shape index (κ1) is 10.5. The molecule has 0 nitrogen and oxygen atoms in total. The van der Waals surface area contributed by atoms with E-state index in [4.69, 9.17) is 11.6 Å². The van der Waals surface area contributed by atoms with Crippen molar-refractivity contribution in [3.63, 3.8) is 0 Å². The second kappa shape index (κ2) is 4.67. The fourth-order valence-electron chi connectivity index (χ4n) is 1.76. The summed E-state index contributed by atoms with van der Waals surface area (Å²) in [6, 6.07) is 15.1. The van der Waals surface area contributed by atoms with Crippen LogP contribution in [0.25, 0.3) is 10.8 Å². The summed E-state index contributed by atoms with van der Waals surface area (Å²) in [6.45, 7) is 2.04. The van der Waals surface area contributed by atoms with Crippen molar-refractivity contribution in [3.05, 3.63) is 48.0 Å².